The van der Waals surface area contributed by atoms with E-state index in [4.69, 9.17) is 9.47 Å². The van der Waals surface area contributed by atoms with Crippen LogP contribution < -0.4 is 14.4 Å². The molecule has 4 rings (SSSR count). The first kappa shape index (κ1) is 23.1. The molecule has 1 atom stereocenters. The van der Waals surface area contributed by atoms with Crippen molar-refractivity contribution < 1.29 is 24.2 Å². The van der Waals surface area contributed by atoms with Gasteiger partial charge in [0.1, 0.15) is 17.3 Å². The number of rotatable bonds is 8. The maximum Gasteiger partial charge on any atom is 0.300 e. The van der Waals surface area contributed by atoms with Gasteiger partial charge < -0.3 is 14.6 Å². The lowest BCUT2D eigenvalue weighted by Gasteiger charge is -2.25. The van der Waals surface area contributed by atoms with Crippen molar-refractivity contribution in [3.63, 3.8) is 0 Å². The molecule has 1 fully saturated rings. The molecule has 1 amide bonds. The fourth-order valence-electron chi connectivity index (χ4n) is 4.05. The van der Waals surface area contributed by atoms with Gasteiger partial charge in [-0.15, -0.1) is 0 Å². The number of anilines is 1. The third-order valence-electron chi connectivity index (χ3n) is 5.55. The summed E-state index contributed by atoms with van der Waals surface area (Å²) in [5.74, 6) is -0.511. The van der Waals surface area contributed by atoms with E-state index < -0.39 is 17.7 Å². The highest BCUT2D eigenvalue weighted by Gasteiger charge is 2.47. The molecule has 3 aromatic carbocycles. The van der Waals surface area contributed by atoms with Crippen LogP contribution >= 0.6 is 0 Å². The number of aliphatic hydroxyl groups is 1. The average molecular weight is 458 g/mol. The summed E-state index contributed by atoms with van der Waals surface area (Å²) < 4.78 is 11.3. The fourth-order valence-corrected chi connectivity index (χ4v) is 4.05. The van der Waals surface area contributed by atoms with Crippen molar-refractivity contribution in [1.82, 2.24) is 0 Å². The Morgan fingerprint density at radius 1 is 0.882 bits per heavy atom. The molecule has 174 valence electrons. The number of hydrogen-bond donors (Lipinski definition) is 1. The van der Waals surface area contributed by atoms with Gasteiger partial charge in [-0.1, -0.05) is 55.5 Å². The normalized spacial score (nSPS) is 17.1. The van der Waals surface area contributed by atoms with Crippen LogP contribution in [0.4, 0.5) is 5.69 Å². The zero-order valence-corrected chi connectivity index (χ0v) is 19.2. The van der Waals surface area contributed by atoms with Crippen molar-refractivity contribution in [1.29, 1.82) is 0 Å². The van der Waals surface area contributed by atoms with Crippen LogP contribution in [0.3, 0.4) is 0 Å². The van der Waals surface area contributed by atoms with Gasteiger partial charge >= 0.3 is 0 Å². The predicted octanol–water partition coefficient (Wildman–Crippen LogP) is 5.50. The minimum Gasteiger partial charge on any atom is -0.507 e. The van der Waals surface area contributed by atoms with Crippen LogP contribution in [0.15, 0.2) is 84.4 Å². The summed E-state index contributed by atoms with van der Waals surface area (Å²) in [4.78, 5) is 28.0. The smallest absolute Gasteiger partial charge is 0.300 e. The zero-order chi connectivity index (χ0) is 24.1. The van der Waals surface area contributed by atoms with Crippen LogP contribution in [-0.4, -0.2) is 30.0 Å². The van der Waals surface area contributed by atoms with Gasteiger partial charge in [-0.25, -0.2) is 0 Å². The van der Waals surface area contributed by atoms with Gasteiger partial charge in [0, 0.05) is 17.3 Å². The third kappa shape index (κ3) is 4.53. The van der Waals surface area contributed by atoms with E-state index in [0.717, 1.165) is 6.42 Å². The lowest BCUT2D eigenvalue weighted by molar-refractivity contribution is -0.132. The maximum absolute atomic E-state index is 13.3. The summed E-state index contributed by atoms with van der Waals surface area (Å²) in [5.41, 5.74) is 1.67. The molecule has 34 heavy (non-hydrogen) atoms. The molecule has 0 spiro atoms. The Hall–Kier alpha value is -4.06. The van der Waals surface area contributed by atoms with Gasteiger partial charge in [0.2, 0.25) is 0 Å². The summed E-state index contributed by atoms with van der Waals surface area (Å²) in [6.07, 6.45) is 0.843. The Labute approximate surface area is 199 Å². The molecule has 0 aromatic heterocycles. The SMILES string of the molecule is CCCOc1cccc(/C(O)=C2\C(=O)C(=O)N(c3cccc(OCC)c3)C2c2ccccc2)c1. The predicted molar refractivity (Wildman–Crippen MR) is 131 cm³/mol. The van der Waals surface area contributed by atoms with Crippen molar-refractivity contribution in [2.24, 2.45) is 0 Å². The second kappa shape index (κ2) is 10.3. The molecule has 0 saturated carbocycles. The minimum absolute atomic E-state index is 0.0330. The van der Waals surface area contributed by atoms with Crippen molar-refractivity contribution in [2.75, 3.05) is 18.1 Å². The van der Waals surface area contributed by atoms with Crippen LogP contribution in [-0.2, 0) is 9.59 Å². The van der Waals surface area contributed by atoms with E-state index in [0.29, 0.717) is 41.5 Å². The first-order valence-electron chi connectivity index (χ1n) is 11.4. The number of ketones is 1. The number of carbonyl (C=O) groups excluding carboxylic acids is 2. The second-order valence-electron chi connectivity index (χ2n) is 7.89. The number of hydrogen-bond acceptors (Lipinski definition) is 5. The van der Waals surface area contributed by atoms with Crippen LogP contribution in [0, 0.1) is 0 Å². The first-order chi connectivity index (χ1) is 16.5. The molecule has 3 aromatic rings. The van der Waals surface area contributed by atoms with E-state index in [-0.39, 0.29) is 11.3 Å². The van der Waals surface area contributed by atoms with Gasteiger partial charge in [0.15, 0.2) is 0 Å². The Morgan fingerprint density at radius 2 is 1.59 bits per heavy atom. The molecule has 1 aliphatic rings. The van der Waals surface area contributed by atoms with E-state index in [9.17, 15) is 14.7 Å². The summed E-state index contributed by atoms with van der Waals surface area (Å²) in [5, 5.41) is 11.3. The molecular formula is C28H27NO5. The standard InChI is InChI=1S/C28H27NO5/c1-3-16-34-22-14-8-12-20(17-22)26(30)24-25(19-10-6-5-7-11-19)29(28(32)27(24)31)21-13-9-15-23(18-21)33-4-2/h5-15,17-18,25,30H,3-4,16H2,1-2H3/b26-24+. The number of nitrogens with zero attached hydrogens (tertiary/aromatic N) is 1. The van der Waals surface area contributed by atoms with E-state index in [1.807, 2.05) is 44.2 Å². The molecule has 6 nitrogen and oxygen atoms in total. The number of benzene rings is 3. The Kier molecular flexibility index (Phi) is 6.97. The Balaban J connectivity index is 1.86. The monoisotopic (exact) mass is 457 g/mol. The molecule has 1 saturated heterocycles. The molecule has 0 radical (unpaired) electrons. The molecule has 1 N–H and O–H groups in total. The number of amides is 1. The van der Waals surface area contributed by atoms with Gasteiger partial charge in [-0.3, -0.25) is 14.5 Å². The highest BCUT2D eigenvalue weighted by molar-refractivity contribution is 6.51. The topological polar surface area (TPSA) is 76.1 Å². The van der Waals surface area contributed by atoms with E-state index in [1.54, 1.807) is 48.5 Å². The minimum atomic E-state index is -0.793. The van der Waals surface area contributed by atoms with Gasteiger partial charge in [-0.05, 0) is 43.2 Å². The van der Waals surface area contributed by atoms with Crippen molar-refractivity contribution in [2.45, 2.75) is 26.3 Å². The lowest BCUT2D eigenvalue weighted by Crippen LogP contribution is -2.29. The van der Waals surface area contributed by atoms with Crippen LogP contribution in [0.25, 0.3) is 5.76 Å². The van der Waals surface area contributed by atoms with E-state index in [2.05, 4.69) is 0 Å². The summed E-state index contributed by atoms with van der Waals surface area (Å²) in [6.45, 7) is 4.89. The summed E-state index contributed by atoms with van der Waals surface area (Å²) in [6, 6.07) is 22.4. The van der Waals surface area contributed by atoms with Crippen molar-refractivity contribution in [3.8, 4) is 11.5 Å². The van der Waals surface area contributed by atoms with Gasteiger partial charge in [-0.2, -0.15) is 0 Å². The van der Waals surface area contributed by atoms with Crippen molar-refractivity contribution >= 4 is 23.1 Å². The van der Waals surface area contributed by atoms with Crippen LogP contribution in [0.5, 0.6) is 11.5 Å². The Bertz CT molecular complexity index is 1220. The Morgan fingerprint density at radius 3 is 2.29 bits per heavy atom. The molecule has 0 bridgehead atoms. The second-order valence-corrected chi connectivity index (χ2v) is 7.89. The largest absolute Gasteiger partial charge is 0.507 e. The summed E-state index contributed by atoms with van der Waals surface area (Å²) >= 11 is 0. The maximum atomic E-state index is 13.3. The molecule has 1 unspecified atom stereocenters. The summed E-state index contributed by atoms with van der Waals surface area (Å²) in [7, 11) is 0. The highest BCUT2D eigenvalue weighted by atomic mass is 16.5. The quantitative estimate of drug-likeness (QED) is 0.275. The number of ether oxygens (including phenoxy) is 2. The fraction of sp³-hybridized carbons (Fsp3) is 0.214. The third-order valence-corrected chi connectivity index (χ3v) is 5.55. The molecular weight excluding hydrogens is 430 g/mol. The lowest BCUT2D eigenvalue weighted by atomic mass is 9.95. The molecule has 6 heteroatoms. The zero-order valence-electron chi connectivity index (χ0n) is 19.2. The van der Waals surface area contributed by atoms with E-state index in [1.165, 1.54) is 4.90 Å². The molecule has 1 heterocycles. The van der Waals surface area contributed by atoms with Crippen LogP contribution in [0.1, 0.15) is 37.4 Å². The molecule has 1 aliphatic heterocycles. The van der Waals surface area contributed by atoms with E-state index >= 15 is 0 Å². The first-order valence-corrected chi connectivity index (χ1v) is 11.4. The number of Topliss-reactive ketones (excluding diaryl/α,β-unsaturated/α-hetero) is 1. The van der Waals surface area contributed by atoms with Crippen molar-refractivity contribution in [3.05, 3.63) is 95.6 Å². The van der Waals surface area contributed by atoms with Crippen LogP contribution in [0.2, 0.25) is 0 Å². The van der Waals surface area contributed by atoms with Gasteiger partial charge in [0.25, 0.3) is 11.7 Å². The highest BCUT2D eigenvalue weighted by Crippen LogP contribution is 2.42. The number of aliphatic hydroxyl groups excluding tert-OH is 1. The van der Waals surface area contributed by atoms with Gasteiger partial charge in [0.05, 0.1) is 24.8 Å². The average Bonchev–Trinajstić information content (AvgIpc) is 3.13. The molecule has 0 aliphatic carbocycles. The number of carbonyl (C=O) groups is 2.